The Bertz CT molecular complexity index is 1560. The molecule has 0 bridgehead atoms. The Morgan fingerprint density at radius 3 is 2.28 bits per heavy atom. The smallest absolute Gasteiger partial charge is 0.303 e. The van der Waals surface area contributed by atoms with Crippen molar-refractivity contribution in [2.24, 2.45) is 0 Å². The SMILES string of the molecule is Cc1ccc(CN2C(=O)N/C(=C\c3c(-c4ccccc4)[nH]n(-c4cccc(C)c4C)c3=O)C2=O)cc1. The van der Waals surface area contributed by atoms with Gasteiger partial charge >= 0.3 is 6.03 Å². The molecule has 2 N–H and O–H groups in total. The van der Waals surface area contributed by atoms with Crippen molar-refractivity contribution < 1.29 is 9.59 Å². The monoisotopic (exact) mass is 478 g/mol. The number of carbonyl (C=O) groups is 2. The van der Waals surface area contributed by atoms with Crippen molar-refractivity contribution in [3.8, 4) is 16.9 Å². The van der Waals surface area contributed by atoms with Crippen LogP contribution in [0.3, 0.4) is 0 Å². The van der Waals surface area contributed by atoms with Crippen LogP contribution in [0.15, 0.2) is 83.3 Å². The van der Waals surface area contributed by atoms with E-state index in [1.165, 1.54) is 10.8 Å². The van der Waals surface area contributed by atoms with E-state index in [1.54, 1.807) is 0 Å². The highest BCUT2D eigenvalue weighted by Gasteiger charge is 2.34. The molecule has 180 valence electrons. The summed E-state index contributed by atoms with van der Waals surface area (Å²) in [6.45, 7) is 6.07. The van der Waals surface area contributed by atoms with Crippen LogP contribution >= 0.6 is 0 Å². The standard InChI is InChI=1S/C29H26N4O3/c1-18-12-14-21(15-13-18)17-32-28(35)24(30-29(32)36)16-23-26(22-9-5-4-6-10-22)31-33(27(23)34)25-11-7-8-19(2)20(25)3/h4-16,31H,17H2,1-3H3,(H,30,36)/b24-16-. The fourth-order valence-electron chi connectivity index (χ4n) is 4.29. The molecule has 1 aromatic heterocycles. The molecule has 0 spiro atoms. The number of benzene rings is 3. The molecule has 3 amide bonds. The summed E-state index contributed by atoms with van der Waals surface area (Å²) >= 11 is 0. The molecule has 7 nitrogen and oxygen atoms in total. The number of amides is 3. The van der Waals surface area contributed by atoms with E-state index in [0.717, 1.165) is 38.4 Å². The average molecular weight is 479 g/mol. The van der Waals surface area contributed by atoms with Gasteiger partial charge in [-0.05, 0) is 49.6 Å². The molecule has 3 aromatic carbocycles. The van der Waals surface area contributed by atoms with Gasteiger partial charge in [0.15, 0.2) is 0 Å². The summed E-state index contributed by atoms with van der Waals surface area (Å²) in [5.41, 5.74) is 6.09. The molecule has 0 radical (unpaired) electrons. The van der Waals surface area contributed by atoms with Crippen LogP contribution in [0.25, 0.3) is 23.0 Å². The Morgan fingerprint density at radius 2 is 1.56 bits per heavy atom. The summed E-state index contributed by atoms with van der Waals surface area (Å²) in [6.07, 6.45) is 1.47. The second-order valence-electron chi connectivity index (χ2n) is 8.99. The second kappa shape index (κ2) is 9.19. The van der Waals surface area contributed by atoms with Gasteiger partial charge in [0.1, 0.15) is 5.70 Å². The topological polar surface area (TPSA) is 87.2 Å². The van der Waals surface area contributed by atoms with Gasteiger partial charge in [-0.25, -0.2) is 9.48 Å². The molecule has 0 aliphatic carbocycles. The minimum Gasteiger partial charge on any atom is -0.303 e. The lowest BCUT2D eigenvalue weighted by Crippen LogP contribution is -2.30. The maximum Gasteiger partial charge on any atom is 0.329 e. The molecule has 0 atom stereocenters. The van der Waals surface area contributed by atoms with Crippen LogP contribution in [0.4, 0.5) is 4.79 Å². The number of hydrogen-bond donors (Lipinski definition) is 2. The third kappa shape index (κ3) is 4.15. The third-order valence-corrected chi connectivity index (χ3v) is 6.52. The molecule has 0 unspecified atom stereocenters. The Hall–Kier alpha value is -4.65. The van der Waals surface area contributed by atoms with E-state index < -0.39 is 11.9 Å². The molecule has 36 heavy (non-hydrogen) atoms. The lowest BCUT2D eigenvalue weighted by molar-refractivity contribution is -0.123. The van der Waals surface area contributed by atoms with E-state index in [9.17, 15) is 14.4 Å². The van der Waals surface area contributed by atoms with Gasteiger partial charge in [0.05, 0.1) is 23.5 Å². The van der Waals surface area contributed by atoms with E-state index >= 15 is 0 Å². The molecule has 1 saturated heterocycles. The van der Waals surface area contributed by atoms with E-state index in [0.29, 0.717) is 11.3 Å². The molecular formula is C29H26N4O3. The van der Waals surface area contributed by atoms with E-state index in [1.807, 2.05) is 93.6 Å². The minimum atomic E-state index is -0.515. The average Bonchev–Trinajstić information content (AvgIpc) is 3.34. The largest absolute Gasteiger partial charge is 0.329 e. The van der Waals surface area contributed by atoms with Crippen LogP contribution in [0.2, 0.25) is 0 Å². The van der Waals surface area contributed by atoms with Crippen LogP contribution in [-0.4, -0.2) is 26.6 Å². The number of nitrogens with one attached hydrogen (secondary N) is 2. The van der Waals surface area contributed by atoms with Gasteiger partial charge in [0.25, 0.3) is 11.5 Å². The van der Waals surface area contributed by atoms with Gasteiger partial charge < -0.3 is 5.32 Å². The summed E-state index contributed by atoms with van der Waals surface area (Å²) in [6, 6.07) is 22.3. The Kier molecular flexibility index (Phi) is 5.90. The van der Waals surface area contributed by atoms with E-state index in [4.69, 9.17) is 0 Å². The van der Waals surface area contributed by atoms with Crippen LogP contribution in [-0.2, 0) is 11.3 Å². The van der Waals surface area contributed by atoms with Gasteiger partial charge in [0.2, 0.25) is 0 Å². The van der Waals surface area contributed by atoms with Gasteiger partial charge in [-0.1, -0.05) is 72.3 Å². The summed E-state index contributed by atoms with van der Waals surface area (Å²) in [5, 5.41) is 5.87. The van der Waals surface area contributed by atoms with Crippen molar-refractivity contribution in [1.82, 2.24) is 20.0 Å². The summed E-state index contributed by atoms with van der Waals surface area (Å²) < 4.78 is 1.49. The molecular weight excluding hydrogens is 452 g/mol. The van der Waals surface area contributed by atoms with Crippen molar-refractivity contribution in [3.05, 3.63) is 117 Å². The fraction of sp³-hybridized carbons (Fsp3) is 0.138. The number of imide groups is 1. The number of aromatic nitrogens is 2. The van der Waals surface area contributed by atoms with Gasteiger partial charge in [-0.15, -0.1) is 0 Å². The predicted octanol–water partition coefficient (Wildman–Crippen LogP) is 4.85. The maximum atomic E-state index is 13.7. The highest BCUT2D eigenvalue weighted by atomic mass is 16.2. The Morgan fingerprint density at radius 1 is 0.833 bits per heavy atom. The van der Waals surface area contributed by atoms with Crippen LogP contribution < -0.4 is 10.9 Å². The van der Waals surface area contributed by atoms with Gasteiger partial charge in [-0.3, -0.25) is 19.6 Å². The minimum absolute atomic E-state index is 0.0634. The van der Waals surface area contributed by atoms with Crippen molar-refractivity contribution in [2.45, 2.75) is 27.3 Å². The molecule has 7 heteroatoms. The van der Waals surface area contributed by atoms with Crippen molar-refractivity contribution in [1.29, 1.82) is 0 Å². The van der Waals surface area contributed by atoms with Crippen LogP contribution in [0.1, 0.15) is 27.8 Å². The zero-order valence-electron chi connectivity index (χ0n) is 20.3. The molecule has 1 aliphatic heterocycles. The van der Waals surface area contributed by atoms with Crippen molar-refractivity contribution >= 4 is 18.0 Å². The number of aromatic amines is 1. The first-order chi connectivity index (χ1) is 17.3. The predicted molar refractivity (Wildman–Crippen MR) is 140 cm³/mol. The van der Waals surface area contributed by atoms with Gasteiger partial charge in [-0.2, -0.15) is 0 Å². The van der Waals surface area contributed by atoms with Gasteiger partial charge in [0, 0.05) is 5.56 Å². The molecule has 2 heterocycles. The molecule has 0 saturated carbocycles. The molecule has 1 aliphatic rings. The lowest BCUT2D eigenvalue weighted by atomic mass is 10.1. The van der Waals surface area contributed by atoms with Crippen LogP contribution in [0.5, 0.6) is 0 Å². The normalized spacial score (nSPS) is 14.5. The molecule has 1 fully saturated rings. The number of rotatable bonds is 5. The number of urea groups is 1. The summed E-state index contributed by atoms with van der Waals surface area (Å²) in [5.74, 6) is -0.474. The first-order valence-corrected chi connectivity index (χ1v) is 11.7. The summed E-state index contributed by atoms with van der Waals surface area (Å²) in [4.78, 5) is 40.7. The molecule has 5 rings (SSSR count). The Labute approximate surface area is 208 Å². The maximum absolute atomic E-state index is 13.7. The van der Waals surface area contributed by atoms with Crippen LogP contribution in [0, 0.1) is 20.8 Å². The second-order valence-corrected chi connectivity index (χ2v) is 8.99. The molecule has 4 aromatic rings. The first kappa shape index (κ1) is 23.1. The third-order valence-electron chi connectivity index (χ3n) is 6.52. The number of aryl methyl sites for hydroxylation is 2. The first-order valence-electron chi connectivity index (χ1n) is 11.7. The van der Waals surface area contributed by atoms with E-state index in [-0.39, 0.29) is 17.8 Å². The highest BCUT2D eigenvalue weighted by Crippen LogP contribution is 2.25. The lowest BCUT2D eigenvalue weighted by Gasteiger charge is -2.11. The number of nitrogens with zero attached hydrogens (tertiary/aromatic N) is 2. The Balaban J connectivity index is 1.59. The highest BCUT2D eigenvalue weighted by molar-refractivity contribution is 6.14. The number of hydrogen-bond acceptors (Lipinski definition) is 3. The van der Waals surface area contributed by atoms with Crippen molar-refractivity contribution in [3.63, 3.8) is 0 Å². The quantitative estimate of drug-likeness (QED) is 0.318. The fourth-order valence-corrected chi connectivity index (χ4v) is 4.29. The summed E-state index contributed by atoms with van der Waals surface area (Å²) in [7, 11) is 0. The number of H-pyrrole nitrogens is 1. The van der Waals surface area contributed by atoms with Crippen molar-refractivity contribution in [2.75, 3.05) is 0 Å². The zero-order valence-corrected chi connectivity index (χ0v) is 20.3. The van der Waals surface area contributed by atoms with E-state index in [2.05, 4.69) is 10.4 Å². The zero-order chi connectivity index (χ0) is 25.4. The number of carbonyl (C=O) groups excluding carboxylic acids is 2.